The first-order valence-electron chi connectivity index (χ1n) is 12.9. The molecule has 2 aliphatic carbocycles. The molecule has 0 radical (unpaired) electrons. The van der Waals surface area contributed by atoms with Gasteiger partial charge in [-0.15, -0.1) is 0 Å². The maximum Gasteiger partial charge on any atom is 0.334 e. The Bertz CT molecular complexity index is 826. The number of aliphatic hydroxyl groups is 5. The molecule has 0 aromatic carbocycles. The molecule has 0 unspecified atom stereocenters. The summed E-state index contributed by atoms with van der Waals surface area (Å²) in [5.74, 6) is -0.124. The van der Waals surface area contributed by atoms with Crippen LogP contribution in [0.5, 0.6) is 0 Å². The van der Waals surface area contributed by atoms with Gasteiger partial charge in [-0.25, -0.2) is 4.79 Å². The zero-order chi connectivity index (χ0) is 25.8. The zero-order valence-electron chi connectivity index (χ0n) is 21.2. The van der Waals surface area contributed by atoms with Gasteiger partial charge in [0.1, 0.15) is 31.0 Å². The molecule has 4 aliphatic rings. The van der Waals surface area contributed by atoms with Gasteiger partial charge in [0.05, 0.1) is 18.3 Å². The van der Waals surface area contributed by atoms with Gasteiger partial charge in [0.15, 0.2) is 6.29 Å². The largest absolute Gasteiger partial charge is 0.458 e. The summed E-state index contributed by atoms with van der Waals surface area (Å²) in [6.45, 7) is 8.25. The second-order valence-electron chi connectivity index (χ2n) is 11.9. The predicted molar refractivity (Wildman–Crippen MR) is 125 cm³/mol. The lowest BCUT2D eigenvalue weighted by Gasteiger charge is -2.64. The summed E-state index contributed by atoms with van der Waals surface area (Å²) in [7, 11) is 0. The molecule has 0 aromatic heterocycles. The molecule has 0 aromatic rings. The van der Waals surface area contributed by atoms with Crippen LogP contribution in [0.3, 0.4) is 0 Å². The van der Waals surface area contributed by atoms with Crippen molar-refractivity contribution in [1.82, 2.24) is 0 Å². The highest BCUT2D eigenvalue weighted by atomic mass is 16.7. The van der Waals surface area contributed by atoms with E-state index in [0.29, 0.717) is 37.9 Å². The fourth-order valence-corrected chi connectivity index (χ4v) is 7.49. The number of aliphatic hydroxyl groups excluding tert-OH is 4. The van der Waals surface area contributed by atoms with E-state index in [0.717, 1.165) is 12.8 Å². The second-order valence-corrected chi connectivity index (χ2v) is 11.9. The van der Waals surface area contributed by atoms with E-state index in [9.17, 15) is 30.3 Å². The Hall–Kier alpha value is -1.07. The van der Waals surface area contributed by atoms with Crippen molar-refractivity contribution in [1.29, 1.82) is 0 Å². The fourth-order valence-electron chi connectivity index (χ4n) is 7.49. The number of esters is 1. The summed E-state index contributed by atoms with van der Waals surface area (Å²) >= 11 is 0. The van der Waals surface area contributed by atoms with Crippen LogP contribution in [0.2, 0.25) is 0 Å². The van der Waals surface area contributed by atoms with E-state index in [4.69, 9.17) is 14.2 Å². The standard InChI is InChI=1S/C26H42O9/c1-14-5-6-17-24(2,3)18(35-23-21(30)20(29)19(28)16(13-27)34-23)8-10-25(17,4)26(14,32)11-7-15-9-12-33-22(15)31/h9,14,16-21,23,27-30,32H,5-8,10-13H2,1-4H3/t14-,16+,17-,18+,19+,20-,21+,23-,25-,26-/m0/s1. The molecule has 4 rings (SSSR count). The summed E-state index contributed by atoms with van der Waals surface area (Å²) < 4.78 is 16.9. The number of carbonyl (C=O) groups is 1. The first-order valence-corrected chi connectivity index (χ1v) is 12.9. The Morgan fingerprint density at radius 3 is 2.43 bits per heavy atom. The first kappa shape index (κ1) is 27.0. The van der Waals surface area contributed by atoms with Gasteiger partial charge in [-0.1, -0.05) is 27.7 Å². The molecule has 1 saturated heterocycles. The zero-order valence-corrected chi connectivity index (χ0v) is 21.2. The molecular weight excluding hydrogens is 456 g/mol. The lowest BCUT2D eigenvalue weighted by atomic mass is 9.43. The van der Waals surface area contributed by atoms with Crippen LogP contribution in [0, 0.1) is 22.7 Å². The molecule has 35 heavy (non-hydrogen) atoms. The van der Waals surface area contributed by atoms with Crippen LogP contribution in [-0.4, -0.2) is 87.1 Å². The maximum atomic E-state index is 12.2. The molecule has 9 heteroatoms. The monoisotopic (exact) mass is 498 g/mol. The Balaban J connectivity index is 1.53. The van der Waals surface area contributed by atoms with Gasteiger partial charge in [0.25, 0.3) is 0 Å². The van der Waals surface area contributed by atoms with Crippen molar-refractivity contribution in [2.24, 2.45) is 22.7 Å². The van der Waals surface area contributed by atoms with Gasteiger partial charge in [-0.2, -0.15) is 0 Å². The minimum absolute atomic E-state index is 0.0699. The molecule has 0 bridgehead atoms. The SMILES string of the molecule is C[C@H]1CC[C@H]2C(C)(C)[C@H](O[C@@H]3O[C@H](CO)[C@@H](O)[C@H](O)[C@H]3O)CC[C@]2(C)[C@]1(O)CCC1=CCOC1=O. The van der Waals surface area contributed by atoms with Crippen molar-refractivity contribution in [2.45, 2.75) is 109 Å². The molecular formula is C26H42O9. The van der Waals surface area contributed by atoms with Gasteiger partial charge in [-0.05, 0) is 61.9 Å². The third kappa shape index (κ3) is 4.37. The van der Waals surface area contributed by atoms with Crippen molar-refractivity contribution in [2.75, 3.05) is 13.2 Å². The van der Waals surface area contributed by atoms with E-state index in [1.54, 1.807) is 6.08 Å². The van der Waals surface area contributed by atoms with Gasteiger partial charge in [-0.3, -0.25) is 0 Å². The van der Waals surface area contributed by atoms with Crippen molar-refractivity contribution >= 4 is 5.97 Å². The minimum atomic E-state index is -1.49. The van der Waals surface area contributed by atoms with Crippen molar-refractivity contribution in [3.8, 4) is 0 Å². The van der Waals surface area contributed by atoms with Crippen molar-refractivity contribution < 1.29 is 44.5 Å². The summed E-state index contributed by atoms with van der Waals surface area (Å²) in [4.78, 5) is 12.0. The molecule has 5 N–H and O–H groups in total. The number of rotatable bonds is 6. The van der Waals surface area contributed by atoms with Crippen LogP contribution in [0.25, 0.3) is 0 Å². The number of carbonyl (C=O) groups excluding carboxylic acids is 1. The lowest BCUT2D eigenvalue weighted by molar-refractivity contribution is -0.332. The van der Waals surface area contributed by atoms with E-state index in [1.165, 1.54) is 0 Å². The van der Waals surface area contributed by atoms with Crippen molar-refractivity contribution in [3.05, 3.63) is 11.6 Å². The number of hydrogen-bond donors (Lipinski definition) is 5. The van der Waals surface area contributed by atoms with E-state index < -0.39 is 53.7 Å². The van der Waals surface area contributed by atoms with Gasteiger partial charge in [0, 0.05) is 11.0 Å². The number of ether oxygens (including phenoxy) is 3. The van der Waals surface area contributed by atoms with Crippen LogP contribution >= 0.6 is 0 Å². The normalized spacial score (nSPS) is 47.7. The summed E-state index contributed by atoms with van der Waals surface area (Å²) in [6, 6.07) is 0. The third-order valence-corrected chi connectivity index (χ3v) is 9.84. The van der Waals surface area contributed by atoms with Crippen LogP contribution in [-0.2, 0) is 19.0 Å². The van der Waals surface area contributed by atoms with E-state index >= 15 is 0 Å². The minimum Gasteiger partial charge on any atom is -0.458 e. The Kier molecular flexibility index (Phi) is 7.45. The third-order valence-electron chi connectivity index (χ3n) is 9.84. The predicted octanol–water partition coefficient (Wildman–Crippen LogP) is 1.04. The molecule has 2 saturated carbocycles. The molecule has 3 fully saturated rings. The highest BCUT2D eigenvalue weighted by Gasteiger charge is 2.64. The molecule has 200 valence electrons. The van der Waals surface area contributed by atoms with E-state index in [1.807, 2.05) is 0 Å². The highest BCUT2D eigenvalue weighted by Crippen LogP contribution is 2.64. The van der Waals surface area contributed by atoms with Crippen molar-refractivity contribution in [3.63, 3.8) is 0 Å². The summed E-state index contributed by atoms with van der Waals surface area (Å²) in [5, 5.41) is 52.5. The van der Waals surface area contributed by atoms with E-state index in [2.05, 4.69) is 27.7 Å². The van der Waals surface area contributed by atoms with Gasteiger partial charge < -0.3 is 39.7 Å². The second kappa shape index (κ2) is 9.67. The Labute approximate surface area is 207 Å². The summed E-state index contributed by atoms with van der Waals surface area (Å²) in [6.07, 6.45) is -1.08. The molecule has 9 nitrogen and oxygen atoms in total. The van der Waals surface area contributed by atoms with E-state index in [-0.39, 0.29) is 23.9 Å². The smallest absolute Gasteiger partial charge is 0.334 e. The first-order chi connectivity index (χ1) is 16.4. The Morgan fingerprint density at radius 2 is 1.80 bits per heavy atom. The van der Waals surface area contributed by atoms with Gasteiger partial charge >= 0.3 is 5.97 Å². The molecule has 2 heterocycles. The number of hydrogen-bond acceptors (Lipinski definition) is 9. The number of fused-ring (bicyclic) bond motifs is 1. The topological polar surface area (TPSA) is 146 Å². The molecule has 0 amide bonds. The van der Waals surface area contributed by atoms with Gasteiger partial charge in [0.2, 0.25) is 0 Å². The van der Waals surface area contributed by atoms with Crippen LogP contribution in [0.4, 0.5) is 0 Å². The average molecular weight is 499 g/mol. The molecule has 0 spiro atoms. The lowest BCUT2D eigenvalue weighted by Crippen LogP contribution is -2.66. The average Bonchev–Trinajstić information content (AvgIpc) is 3.22. The molecule has 10 atom stereocenters. The fraction of sp³-hybridized carbons (Fsp3) is 0.885. The van der Waals surface area contributed by atoms with Crippen LogP contribution < -0.4 is 0 Å². The summed E-state index contributed by atoms with van der Waals surface area (Å²) in [5.41, 5.74) is -1.14. The molecule has 2 aliphatic heterocycles. The number of cyclic esters (lactones) is 1. The highest BCUT2D eigenvalue weighted by molar-refractivity contribution is 5.90. The Morgan fingerprint density at radius 1 is 1.09 bits per heavy atom. The van der Waals surface area contributed by atoms with Crippen LogP contribution in [0.1, 0.15) is 66.2 Å². The maximum absolute atomic E-state index is 12.2. The van der Waals surface area contributed by atoms with Crippen LogP contribution in [0.15, 0.2) is 11.6 Å². The quantitative estimate of drug-likeness (QED) is 0.268.